The van der Waals surface area contributed by atoms with E-state index >= 15 is 0 Å². The summed E-state index contributed by atoms with van der Waals surface area (Å²) in [6.07, 6.45) is -2.33. The predicted octanol–water partition coefficient (Wildman–Crippen LogP) is 3.61. The number of pyridine rings is 1. The van der Waals surface area contributed by atoms with Crippen molar-refractivity contribution in [3.05, 3.63) is 59.8 Å². The van der Waals surface area contributed by atoms with Crippen LogP contribution in [0.4, 0.5) is 13.2 Å². The number of aromatic nitrogens is 1. The van der Waals surface area contributed by atoms with Crippen molar-refractivity contribution in [2.24, 2.45) is 0 Å². The molecule has 0 radical (unpaired) electrons. The molecule has 29 heavy (non-hydrogen) atoms. The van der Waals surface area contributed by atoms with Crippen LogP contribution in [-0.4, -0.2) is 46.6 Å². The number of nitrogens with one attached hydrogen (secondary N) is 1. The summed E-state index contributed by atoms with van der Waals surface area (Å²) in [6.45, 7) is 1.05. The van der Waals surface area contributed by atoms with E-state index in [1.807, 2.05) is 6.07 Å². The topological polar surface area (TPSA) is 62.3 Å². The Hall–Kier alpha value is -2.55. The third kappa shape index (κ3) is 5.96. The van der Waals surface area contributed by atoms with Crippen molar-refractivity contribution < 1.29 is 22.8 Å². The third-order valence-electron chi connectivity index (χ3n) is 4.63. The Morgan fingerprint density at radius 2 is 1.79 bits per heavy atom. The van der Waals surface area contributed by atoms with Crippen molar-refractivity contribution in [1.82, 2.24) is 15.2 Å². The summed E-state index contributed by atoms with van der Waals surface area (Å²) in [5.41, 5.74) is -0.209. The second-order valence-corrected chi connectivity index (χ2v) is 7.66. The summed E-state index contributed by atoms with van der Waals surface area (Å²) in [5, 5.41) is 3.36. The summed E-state index contributed by atoms with van der Waals surface area (Å²) in [4.78, 5) is 30.0. The average Bonchev–Trinajstić information content (AvgIpc) is 2.73. The highest BCUT2D eigenvalue weighted by Crippen LogP contribution is 2.29. The second-order valence-electron chi connectivity index (χ2n) is 6.67. The van der Waals surface area contributed by atoms with Crippen LogP contribution in [0.3, 0.4) is 0 Å². The highest BCUT2D eigenvalue weighted by Gasteiger charge is 2.30. The molecule has 0 aliphatic carbocycles. The van der Waals surface area contributed by atoms with Crippen molar-refractivity contribution in [2.75, 3.05) is 18.8 Å². The van der Waals surface area contributed by atoms with Crippen molar-refractivity contribution >= 4 is 23.6 Å². The Morgan fingerprint density at radius 1 is 1.10 bits per heavy atom. The van der Waals surface area contributed by atoms with Gasteiger partial charge in [-0.25, -0.2) is 4.98 Å². The van der Waals surface area contributed by atoms with Crippen molar-refractivity contribution in [3.63, 3.8) is 0 Å². The van der Waals surface area contributed by atoms with Gasteiger partial charge in [0.05, 0.1) is 16.3 Å². The first-order valence-electron chi connectivity index (χ1n) is 9.12. The zero-order chi connectivity index (χ0) is 20.9. The van der Waals surface area contributed by atoms with Crippen LogP contribution in [0.5, 0.6) is 0 Å². The molecule has 1 aromatic carbocycles. The van der Waals surface area contributed by atoms with Crippen LogP contribution >= 0.6 is 11.8 Å². The first-order valence-corrected chi connectivity index (χ1v) is 10.1. The number of alkyl halides is 3. The molecule has 2 heterocycles. The minimum atomic E-state index is -4.42. The average molecular weight is 423 g/mol. The van der Waals surface area contributed by atoms with Gasteiger partial charge in [-0.2, -0.15) is 13.2 Å². The van der Waals surface area contributed by atoms with Crippen molar-refractivity contribution in [1.29, 1.82) is 0 Å². The lowest BCUT2D eigenvalue weighted by atomic mass is 10.0. The molecule has 2 amide bonds. The molecule has 9 heteroatoms. The maximum atomic E-state index is 12.5. The maximum Gasteiger partial charge on any atom is 0.417 e. The number of amides is 2. The lowest BCUT2D eigenvalue weighted by Crippen LogP contribution is -2.47. The zero-order valence-electron chi connectivity index (χ0n) is 15.5. The molecule has 0 unspecified atom stereocenters. The number of hydrogen-bond donors (Lipinski definition) is 1. The highest BCUT2D eigenvalue weighted by molar-refractivity contribution is 7.99. The van der Waals surface area contributed by atoms with Crippen molar-refractivity contribution in [3.8, 4) is 0 Å². The number of rotatable bonds is 5. The Labute approximate surface area is 170 Å². The molecule has 2 aromatic rings. The largest absolute Gasteiger partial charge is 0.417 e. The number of likely N-dealkylation sites (tertiary alicyclic amines) is 1. The van der Waals surface area contributed by atoms with Gasteiger partial charge in [-0.1, -0.05) is 30.0 Å². The van der Waals surface area contributed by atoms with Crippen LogP contribution in [0.25, 0.3) is 0 Å². The molecule has 1 aliphatic rings. The molecule has 0 bridgehead atoms. The number of carbonyl (C=O) groups is 2. The van der Waals surface area contributed by atoms with Gasteiger partial charge in [0.2, 0.25) is 5.91 Å². The van der Waals surface area contributed by atoms with Gasteiger partial charge in [0.25, 0.3) is 5.91 Å². The molecule has 1 aromatic heterocycles. The molecule has 3 rings (SSSR count). The summed E-state index contributed by atoms with van der Waals surface area (Å²) < 4.78 is 37.6. The first kappa shape index (κ1) is 21.2. The molecule has 1 N–H and O–H groups in total. The van der Waals surface area contributed by atoms with Crippen LogP contribution in [0.2, 0.25) is 0 Å². The van der Waals surface area contributed by atoms with Gasteiger partial charge in [-0.3, -0.25) is 9.59 Å². The summed E-state index contributed by atoms with van der Waals surface area (Å²) in [5.74, 6) is -0.108. The Kier molecular flexibility index (Phi) is 6.79. The number of nitrogens with zero attached hydrogens (tertiary/aromatic N) is 2. The predicted molar refractivity (Wildman–Crippen MR) is 103 cm³/mol. The third-order valence-corrected chi connectivity index (χ3v) is 5.55. The molecule has 0 saturated carbocycles. The normalized spacial score (nSPS) is 15.2. The number of hydrogen-bond acceptors (Lipinski definition) is 4. The van der Waals surface area contributed by atoms with E-state index in [4.69, 9.17) is 0 Å². The van der Waals surface area contributed by atoms with E-state index in [-0.39, 0.29) is 23.6 Å². The van der Waals surface area contributed by atoms with Gasteiger partial charge in [0.15, 0.2) is 0 Å². The minimum absolute atomic E-state index is 0.0102. The number of halogens is 3. The second kappa shape index (κ2) is 9.30. The standard InChI is InChI=1S/C20H20F3N3O2S/c21-20(22,23)15-6-7-17(24-12-15)29-13-18(27)26-10-8-16(9-11-26)25-19(28)14-4-2-1-3-5-14/h1-7,12,16H,8-11,13H2,(H,25,28). The van der Waals surface area contributed by atoms with E-state index in [1.165, 1.54) is 6.07 Å². The fourth-order valence-corrected chi connectivity index (χ4v) is 3.74. The Bertz CT molecular complexity index is 836. The van der Waals surface area contributed by atoms with Crippen LogP contribution in [-0.2, 0) is 11.0 Å². The van der Waals surface area contributed by atoms with E-state index in [0.717, 1.165) is 24.0 Å². The van der Waals surface area contributed by atoms with Gasteiger partial charge in [0.1, 0.15) is 0 Å². The van der Waals surface area contributed by atoms with E-state index in [2.05, 4.69) is 10.3 Å². The number of benzene rings is 1. The van der Waals surface area contributed by atoms with E-state index in [1.54, 1.807) is 29.2 Å². The Balaban J connectivity index is 1.42. The van der Waals surface area contributed by atoms with Gasteiger partial charge >= 0.3 is 6.18 Å². The van der Waals surface area contributed by atoms with Crippen LogP contribution in [0.15, 0.2) is 53.7 Å². The van der Waals surface area contributed by atoms with Gasteiger partial charge in [-0.05, 0) is 37.1 Å². The fourth-order valence-electron chi connectivity index (χ4n) is 2.99. The van der Waals surface area contributed by atoms with E-state index < -0.39 is 11.7 Å². The van der Waals surface area contributed by atoms with Crippen LogP contribution in [0, 0.1) is 0 Å². The molecular formula is C20H20F3N3O2S. The monoisotopic (exact) mass is 423 g/mol. The summed E-state index contributed by atoms with van der Waals surface area (Å²) >= 11 is 1.11. The van der Waals surface area contributed by atoms with Gasteiger partial charge in [-0.15, -0.1) is 0 Å². The van der Waals surface area contributed by atoms with Crippen molar-refractivity contribution in [2.45, 2.75) is 30.1 Å². The lowest BCUT2D eigenvalue weighted by Gasteiger charge is -2.32. The van der Waals surface area contributed by atoms with Crippen LogP contribution in [0.1, 0.15) is 28.8 Å². The fraction of sp³-hybridized carbons (Fsp3) is 0.350. The molecule has 5 nitrogen and oxygen atoms in total. The maximum absolute atomic E-state index is 12.5. The number of thioether (sulfide) groups is 1. The molecule has 1 aliphatic heterocycles. The number of carbonyl (C=O) groups excluding carboxylic acids is 2. The molecule has 1 fully saturated rings. The lowest BCUT2D eigenvalue weighted by molar-refractivity contribution is -0.138. The minimum Gasteiger partial charge on any atom is -0.349 e. The summed E-state index contributed by atoms with van der Waals surface area (Å²) in [6, 6.07) is 11.2. The SMILES string of the molecule is O=C(NC1CCN(C(=O)CSc2ccc(C(F)(F)F)cn2)CC1)c1ccccc1. The molecule has 0 spiro atoms. The molecule has 1 saturated heterocycles. The number of piperidine rings is 1. The van der Waals surface area contributed by atoms with Crippen LogP contribution < -0.4 is 5.32 Å². The molecule has 0 atom stereocenters. The van der Waals surface area contributed by atoms with Gasteiger partial charge in [0, 0.05) is 30.9 Å². The molecule has 154 valence electrons. The Morgan fingerprint density at radius 3 is 2.38 bits per heavy atom. The van der Waals surface area contributed by atoms with E-state index in [0.29, 0.717) is 36.5 Å². The highest BCUT2D eigenvalue weighted by atomic mass is 32.2. The quantitative estimate of drug-likeness (QED) is 0.747. The van der Waals surface area contributed by atoms with E-state index in [9.17, 15) is 22.8 Å². The molecular weight excluding hydrogens is 403 g/mol. The smallest absolute Gasteiger partial charge is 0.349 e. The first-order chi connectivity index (χ1) is 13.8. The van der Waals surface area contributed by atoms with Gasteiger partial charge < -0.3 is 10.2 Å². The summed E-state index contributed by atoms with van der Waals surface area (Å²) in [7, 11) is 0. The zero-order valence-corrected chi connectivity index (χ0v) is 16.3.